The summed E-state index contributed by atoms with van der Waals surface area (Å²) in [5, 5.41) is 5.98. The van der Waals surface area contributed by atoms with E-state index in [1.165, 1.54) is 6.33 Å². The number of amides is 1. The van der Waals surface area contributed by atoms with Crippen LogP contribution in [0.25, 0.3) is 16.7 Å². The monoisotopic (exact) mass is 486 g/mol. The van der Waals surface area contributed by atoms with Crippen molar-refractivity contribution in [2.75, 3.05) is 31.1 Å². The van der Waals surface area contributed by atoms with Crippen molar-refractivity contribution >= 4 is 50.3 Å². The van der Waals surface area contributed by atoms with Crippen molar-refractivity contribution in [3.63, 3.8) is 0 Å². The van der Waals surface area contributed by atoms with Crippen molar-refractivity contribution in [1.29, 1.82) is 0 Å². The topological polar surface area (TPSA) is 80.3 Å². The Kier molecular flexibility index (Phi) is 4.92. The molecule has 0 saturated carbocycles. The number of benzene rings is 1. The van der Waals surface area contributed by atoms with Crippen LogP contribution >= 0.6 is 27.5 Å². The lowest BCUT2D eigenvalue weighted by Gasteiger charge is -2.35. The Morgan fingerprint density at radius 3 is 2.67 bits per heavy atom. The fraction of sp³-hybridized carbons (Fsp3) is 0.200. The highest BCUT2D eigenvalue weighted by atomic mass is 79.9. The van der Waals surface area contributed by atoms with Gasteiger partial charge in [0.05, 0.1) is 17.3 Å². The molecule has 0 aliphatic carbocycles. The van der Waals surface area contributed by atoms with Gasteiger partial charge in [-0.3, -0.25) is 4.79 Å². The zero-order valence-electron chi connectivity index (χ0n) is 15.7. The van der Waals surface area contributed by atoms with Crippen LogP contribution in [0.5, 0.6) is 0 Å². The lowest BCUT2D eigenvalue weighted by molar-refractivity contribution is 0.0713. The highest BCUT2D eigenvalue weighted by Gasteiger charge is 2.26. The van der Waals surface area contributed by atoms with E-state index in [1.807, 2.05) is 24.3 Å². The number of furan rings is 1. The third-order valence-electron chi connectivity index (χ3n) is 5.05. The maximum absolute atomic E-state index is 12.6. The van der Waals surface area contributed by atoms with Gasteiger partial charge in [-0.2, -0.15) is 5.10 Å². The number of hydrogen-bond acceptors (Lipinski definition) is 6. The molecule has 1 amide bonds. The highest BCUT2D eigenvalue weighted by molar-refractivity contribution is 9.10. The number of carbonyl (C=O) groups is 1. The zero-order chi connectivity index (χ0) is 20.7. The van der Waals surface area contributed by atoms with Crippen molar-refractivity contribution < 1.29 is 9.21 Å². The molecule has 0 atom stereocenters. The number of halogens is 2. The molecular formula is C20H16BrClN6O2. The minimum absolute atomic E-state index is 0.109. The van der Waals surface area contributed by atoms with E-state index in [-0.39, 0.29) is 5.91 Å². The predicted molar refractivity (Wildman–Crippen MR) is 116 cm³/mol. The molecule has 4 aromatic rings. The Bertz CT molecular complexity index is 1230. The summed E-state index contributed by atoms with van der Waals surface area (Å²) in [5.74, 6) is 1.03. The molecule has 1 aliphatic rings. The van der Waals surface area contributed by atoms with Gasteiger partial charge in [-0.1, -0.05) is 17.7 Å². The van der Waals surface area contributed by atoms with Crippen molar-refractivity contribution in [3.8, 4) is 5.69 Å². The molecule has 30 heavy (non-hydrogen) atoms. The number of hydrogen-bond donors (Lipinski definition) is 0. The lowest BCUT2D eigenvalue weighted by Crippen LogP contribution is -2.49. The smallest absolute Gasteiger partial charge is 0.289 e. The molecule has 1 saturated heterocycles. The van der Waals surface area contributed by atoms with Crippen LogP contribution in [0, 0.1) is 0 Å². The van der Waals surface area contributed by atoms with E-state index in [4.69, 9.17) is 16.0 Å². The maximum atomic E-state index is 12.6. The van der Waals surface area contributed by atoms with Crippen molar-refractivity contribution in [1.82, 2.24) is 24.6 Å². The van der Waals surface area contributed by atoms with Gasteiger partial charge < -0.3 is 14.2 Å². The summed E-state index contributed by atoms with van der Waals surface area (Å²) in [4.78, 5) is 25.5. The van der Waals surface area contributed by atoms with E-state index in [0.29, 0.717) is 47.3 Å². The first-order valence-electron chi connectivity index (χ1n) is 9.34. The summed E-state index contributed by atoms with van der Waals surface area (Å²) < 4.78 is 7.69. The first kappa shape index (κ1) is 19.1. The molecule has 10 heteroatoms. The summed E-state index contributed by atoms with van der Waals surface area (Å²) in [6.07, 6.45) is 3.31. The molecule has 4 heterocycles. The Morgan fingerprint density at radius 2 is 1.93 bits per heavy atom. The van der Waals surface area contributed by atoms with Gasteiger partial charge in [0, 0.05) is 31.2 Å². The minimum atomic E-state index is -0.109. The highest BCUT2D eigenvalue weighted by Crippen LogP contribution is 2.26. The number of fused-ring (bicyclic) bond motifs is 1. The molecule has 3 aromatic heterocycles. The second-order valence-electron chi connectivity index (χ2n) is 6.85. The summed E-state index contributed by atoms with van der Waals surface area (Å²) in [5.41, 5.74) is 1.54. The van der Waals surface area contributed by atoms with Crippen LogP contribution in [0.2, 0.25) is 5.02 Å². The number of rotatable bonds is 3. The molecule has 1 fully saturated rings. The molecule has 0 spiro atoms. The second-order valence-corrected chi connectivity index (χ2v) is 8.07. The Morgan fingerprint density at radius 1 is 1.10 bits per heavy atom. The molecular weight excluding hydrogens is 472 g/mol. The average molecular weight is 488 g/mol. The molecule has 152 valence electrons. The van der Waals surface area contributed by atoms with E-state index < -0.39 is 0 Å². The first-order valence-corrected chi connectivity index (χ1v) is 10.5. The summed E-state index contributed by atoms with van der Waals surface area (Å²) >= 11 is 9.36. The molecule has 0 bridgehead atoms. The van der Waals surface area contributed by atoms with Gasteiger partial charge in [-0.05, 0) is 46.3 Å². The average Bonchev–Trinajstić information content (AvgIpc) is 3.39. The maximum Gasteiger partial charge on any atom is 0.289 e. The van der Waals surface area contributed by atoms with Gasteiger partial charge in [0.25, 0.3) is 5.91 Å². The molecule has 5 rings (SSSR count). The Hall–Kier alpha value is -2.91. The normalized spacial score (nSPS) is 14.5. The predicted octanol–water partition coefficient (Wildman–Crippen LogP) is 3.79. The van der Waals surface area contributed by atoms with Crippen LogP contribution < -0.4 is 4.90 Å². The van der Waals surface area contributed by atoms with Crippen LogP contribution in [0.1, 0.15) is 10.6 Å². The fourth-order valence-electron chi connectivity index (χ4n) is 3.59. The van der Waals surface area contributed by atoms with E-state index in [2.05, 4.69) is 35.9 Å². The third-order valence-corrected chi connectivity index (χ3v) is 5.71. The fourth-order valence-corrected chi connectivity index (χ4v) is 4.08. The molecule has 0 N–H and O–H groups in total. The summed E-state index contributed by atoms with van der Waals surface area (Å²) in [6, 6.07) is 10.9. The van der Waals surface area contributed by atoms with Gasteiger partial charge in [0.15, 0.2) is 16.1 Å². The van der Waals surface area contributed by atoms with Crippen molar-refractivity contribution in [2.24, 2.45) is 0 Å². The van der Waals surface area contributed by atoms with Crippen LogP contribution in [-0.2, 0) is 0 Å². The van der Waals surface area contributed by atoms with Crippen LogP contribution in [0.4, 0.5) is 5.82 Å². The first-order chi connectivity index (χ1) is 14.6. The van der Waals surface area contributed by atoms with E-state index in [9.17, 15) is 4.79 Å². The third kappa shape index (κ3) is 3.44. The molecule has 1 aromatic carbocycles. The van der Waals surface area contributed by atoms with E-state index in [1.54, 1.807) is 27.9 Å². The van der Waals surface area contributed by atoms with Crippen molar-refractivity contribution in [2.45, 2.75) is 0 Å². The molecule has 0 radical (unpaired) electrons. The van der Waals surface area contributed by atoms with Crippen LogP contribution in [-0.4, -0.2) is 56.7 Å². The van der Waals surface area contributed by atoms with Crippen LogP contribution in [0.3, 0.4) is 0 Å². The van der Waals surface area contributed by atoms with Crippen LogP contribution in [0.15, 0.2) is 58.0 Å². The molecule has 8 nitrogen and oxygen atoms in total. The van der Waals surface area contributed by atoms with Crippen molar-refractivity contribution in [3.05, 3.63) is 64.4 Å². The van der Waals surface area contributed by atoms with E-state index in [0.717, 1.165) is 16.9 Å². The van der Waals surface area contributed by atoms with Gasteiger partial charge in [0.1, 0.15) is 12.1 Å². The summed E-state index contributed by atoms with van der Waals surface area (Å²) in [6.45, 7) is 2.46. The quantitative estimate of drug-likeness (QED) is 0.437. The standard InChI is InChI=1S/C20H16BrClN6O2/c21-17-5-4-16(30-17)20(29)27-8-6-26(7-9-27)18-15-11-25-28(19(15)24-12-23-18)14-3-1-2-13(22)10-14/h1-5,10-12H,6-9H2. The number of nitrogens with zero attached hydrogens (tertiary/aromatic N) is 6. The number of piperazine rings is 1. The number of aromatic nitrogens is 4. The lowest BCUT2D eigenvalue weighted by atomic mass is 10.2. The molecule has 1 aliphatic heterocycles. The van der Waals surface area contributed by atoms with Gasteiger partial charge in [0.2, 0.25) is 0 Å². The Labute approximate surface area is 185 Å². The zero-order valence-corrected chi connectivity index (χ0v) is 18.0. The second kappa shape index (κ2) is 7.73. The summed E-state index contributed by atoms with van der Waals surface area (Å²) in [7, 11) is 0. The van der Waals surface area contributed by atoms with Gasteiger partial charge >= 0.3 is 0 Å². The Balaban J connectivity index is 1.38. The van der Waals surface area contributed by atoms with Gasteiger partial charge in [-0.15, -0.1) is 0 Å². The SMILES string of the molecule is O=C(c1ccc(Br)o1)N1CCN(c2ncnc3c2cnn3-c2cccc(Cl)c2)CC1. The van der Waals surface area contributed by atoms with E-state index >= 15 is 0 Å². The molecule has 0 unspecified atom stereocenters. The minimum Gasteiger partial charge on any atom is -0.444 e. The number of carbonyl (C=O) groups excluding carboxylic acids is 1. The number of anilines is 1. The van der Waals surface area contributed by atoms with Gasteiger partial charge in [-0.25, -0.2) is 14.6 Å². The largest absolute Gasteiger partial charge is 0.444 e.